The molecule has 0 fully saturated rings. The normalized spacial score (nSPS) is 13.2. The van der Waals surface area contributed by atoms with Gasteiger partial charge < -0.3 is 10.6 Å². The molecule has 2 aromatic rings. The van der Waals surface area contributed by atoms with E-state index >= 15 is 0 Å². The molecule has 0 spiro atoms. The average Bonchev–Trinajstić information content (AvgIpc) is 2.55. The summed E-state index contributed by atoms with van der Waals surface area (Å²) in [6, 6.07) is 13.1. The van der Waals surface area contributed by atoms with Crippen molar-refractivity contribution >= 4 is 35.0 Å². The third kappa shape index (κ3) is 3.14. The number of carbonyl (C=O) groups is 2. The molecular weight excluding hydrogens is 296 g/mol. The zero-order valence-electron chi connectivity index (χ0n) is 12.2. The van der Waals surface area contributed by atoms with Crippen molar-refractivity contribution in [2.45, 2.75) is 17.7 Å². The second kappa shape index (κ2) is 6.23. The van der Waals surface area contributed by atoms with Gasteiger partial charge in [0.15, 0.2) is 0 Å². The van der Waals surface area contributed by atoms with Crippen LogP contribution in [0.25, 0.3) is 0 Å². The number of hydrogen-bond acceptors (Lipinski definition) is 3. The Morgan fingerprint density at radius 3 is 2.64 bits per heavy atom. The topological polar surface area (TPSA) is 58.2 Å². The van der Waals surface area contributed by atoms with Crippen LogP contribution in [0.3, 0.4) is 0 Å². The van der Waals surface area contributed by atoms with Gasteiger partial charge in [0.2, 0.25) is 5.91 Å². The summed E-state index contributed by atoms with van der Waals surface area (Å²) in [4.78, 5) is 24.8. The molecule has 0 unspecified atom stereocenters. The largest absolute Gasteiger partial charge is 0.326 e. The molecule has 0 radical (unpaired) electrons. The number of hydrogen-bond donors (Lipinski definition) is 2. The van der Waals surface area contributed by atoms with Gasteiger partial charge in [-0.15, -0.1) is 11.8 Å². The lowest BCUT2D eigenvalue weighted by molar-refractivity contribution is -0.116. The maximum Gasteiger partial charge on any atom is 0.255 e. The van der Waals surface area contributed by atoms with Gasteiger partial charge in [0.1, 0.15) is 0 Å². The van der Waals surface area contributed by atoms with Gasteiger partial charge in [-0.3, -0.25) is 9.59 Å². The Kier molecular flexibility index (Phi) is 4.15. The van der Waals surface area contributed by atoms with Crippen molar-refractivity contribution < 1.29 is 9.59 Å². The monoisotopic (exact) mass is 312 g/mol. The quantitative estimate of drug-likeness (QED) is 0.852. The van der Waals surface area contributed by atoms with Gasteiger partial charge in [-0.2, -0.15) is 0 Å². The Balaban J connectivity index is 1.76. The van der Waals surface area contributed by atoms with E-state index in [2.05, 4.69) is 10.6 Å². The van der Waals surface area contributed by atoms with Crippen LogP contribution in [-0.4, -0.2) is 18.1 Å². The van der Waals surface area contributed by atoms with Crippen LogP contribution in [0.1, 0.15) is 22.3 Å². The molecule has 2 N–H and O–H groups in total. The summed E-state index contributed by atoms with van der Waals surface area (Å²) in [5.74, 6) is -0.116. The number of benzene rings is 2. The highest BCUT2D eigenvalue weighted by Gasteiger charge is 2.16. The highest BCUT2D eigenvalue weighted by atomic mass is 32.2. The van der Waals surface area contributed by atoms with Crippen LogP contribution in [0.5, 0.6) is 0 Å². The number of nitrogens with one attached hydrogen (secondary N) is 2. The minimum atomic E-state index is -0.142. The second-order valence-corrected chi connectivity index (χ2v) is 5.98. The summed E-state index contributed by atoms with van der Waals surface area (Å²) >= 11 is 1.66. The van der Waals surface area contributed by atoms with Gasteiger partial charge >= 0.3 is 0 Å². The molecule has 3 rings (SSSR count). The number of fused-ring (bicyclic) bond motifs is 1. The fraction of sp³-hybridized carbons (Fsp3) is 0.176. The zero-order chi connectivity index (χ0) is 15.5. The third-order valence-corrected chi connectivity index (χ3v) is 4.35. The molecule has 1 aliphatic rings. The van der Waals surface area contributed by atoms with Gasteiger partial charge in [0.25, 0.3) is 5.91 Å². The number of carbonyl (C=O) groups excluding carboxylic acids is 2. The Morgan fingerprint density at radius 1 is 1.14 bits per heavy atom. The van der Waals surface area contributed by atoms with Gasteiger partial charge in [0.05, 0.1) is 0 Å². The van der Waals surface area contributed by atoms with E-state index in [0.717, 1.165) is 21.8 Å². The first kappa shape index (κ1) is 14.7. The molecule has 0 aliphatic carbocycles. The minimum Gasteiger partial charge on any atom is -0.326 e. The number of rotatable bonds is 3. The molecule has 5 heteroatoms. The number of anilines is 2. The number of amides is 2. The molecule has 0 saturated carbocycles. The molecule has 0 aromatic heterocycles. The van der Waals surface area contributed by atoms with E-state index in [9.17, 15) is 9.59 Å². The molecule has 4 nitrogen and oxygen atoms in total. The lowest BCUT2D eigenvalue weighted by atomic mass is 10.00. The van der Waals surface area contributed by atoms with Crippen LogP contribution in [0.2, 0.25) is 0 Å². The van der Waals surface area contributed by atoms with Crippen LogP contribution in [-0.2, 0) is 11.2 Å². The Bertz CT molecular complexity index is 726. The summed E-state index contributed by atoms with van der Waals surface area (Å²) in [6.07, 6.45) is 3.15. The number of aryl methyl sites for hydroxylation is 1. The molecule has 2 aromatic carbocycles. The summed E-state index contributed by atoms with van der Waals surface area (Å²) in [6.45, 7) is 0. The van der Waals surface area contributed by atoms with Gasteiger partial charge in [-0.1, -0.05) is 0 Å². The fourth-order valence-electron chi connectivity index (χ4n) is 2.40. The summed E-state index contributed by atoms with van der Waals surface area (Å²) in [5.41, 5.74) is 3.18. The average molecular weight is 312 g/mol. The van der Waals surface area contributed by atoms with Crippen LogP contribution in [0, 0.1) is 0 Å². The molecule has 0 bridgehead atoms. The molecule has 1 heterocycles. The highest BCUT2D eigenvalue weighted by Crippen LogP contribution is 2.24. The Labute approximate surface area is 133 Å². The van der Waals surface area contributed by atoms with Crippen LogP contribution >= 0.6 is 11.8 Å². The SMILES string of the molecule is CSc1ccc(NC(=O)c2ccc3c(c2)CCC(=O)N3)cc1. The molecule has 22 heavy (non-hydrogen) atoms. The standard InChI is InChI=1S/C17H16N2O2S/c1-22-14-6-4-13(5-7-14)18-17(21)12-2-8-15-11(10-12)3-9-16(20)19-15/h2,4-8,10H,3,9H2,1H3,(H,18,21)(H,19,20). The van der Waals surface area contributed by atoms with E-state index in [0.29, 0.717) is 18.4 Å². The molecular formula is C17H16N2O2S. The highest BCUT2D eigenvalue weighted by molar-refractivity contribution is 7.98. The van der Waals surface area contributed by atoms with Crippen molar-refractivity contribution in [3.63, 3.8) is 0 Å². The zero-order valence-corrected chi connectivity index (χ0v) is 13.0. The van der Waals surface area contributed by atoms with E-state index in [4.69, 9.17) is 0 Å². The van der Waals surface area contributed by atoms with Gasteiger partial charge in [-0.05, 0) is 60.7 Å². The van der Waals surface area contributed by atoms with Crippen LogP contribution in [0.4, 0.5) is 11.4 Å². The molecule has 0 saturated heterocycles. The van der Waals surface area contributed by atoms with Crippen molar-refractivity contribution in [2.75, 3.05) is 16.9 Å². The molecule has 1 aliphatic heterocycles. The lowest BCUT2D eigenvalue weighted by Gasteiger charge is -2.17. The molecule has 0 atom stereocenters. The second-order valence-electron chi connectivity index (χ2n) is 5.10. The van der Waals surface area contributed by atoms with E-state index < -0.39 is 0 Å². The van der Waals surface area contributed by atoms with Crippen molar-refractivity contribution in [1.82, 2.24) is 0 Å². The third-order valence-electron chi connectivity index (χ3n) is 3.61. The van der Waals surface area contributed by atoms with Crippen molar-refractivity contribution in [3.05, 3.63) is 53.6 Å². The first-order valence-electron chi connectivity index (χ1n) is 7.04. The van der Waals surface area contributed by atoms with E-state index in [1.807, 2.05) is 36.6 Å². The van der Waals surface area contributed by atoms with E-state index in [1.165, 1.54) is 0 Å². The van der Waals surface area contributed by atoms with Gasteiger partial charge in [-0.25, -0.2) is 0 Å². The number of thioether (sulfide) groups is 1. The van der Waals surface area contributed by atoms with Crippen molar-refractivity contribution in [1.29, 1.82) is 0 Å². The summed E-state index contributed by atoms with van der Waals surface area (Å²) < 4.78 is 0. The van der Waals surface area contributed by atoms with Crippen LogP contribution < -0.4 is 10.6 Å². The summed E-state index contributed by atoms with van der Waals surface area (Å²) in [5, 5.41) is 5.70. The first-order valence-corrected chi connectivity index (χ1v) is 8.26. The smallest absolute Gasteiger partial charge is 0.255 e. The molecule has 112 valence electrons. The predicted octanol–water partition coefficient (Wildman–Crippen LogP) is 3.55. The Morgan fingerprint density at radius 2 is 1.91 bits per heavy atom. The van der Waals surface area contributed by atoms with E-state index in [-0.39, 0.29) is 11.8 Å². The fourth-order valence-corrected chi connectivity index (χ4v) is 2.81. The Hall–Kier alpha value is -2.27. The maximum absolute atomic E-state index is 12.3. The molecule has 2 amide bonds. The first-order chi connectivity index (χ1) is 10.7. The van der Waals surface area contributed by atoms with Crippen molar-refractivity contribution in [3.8, 4) is 0 Å². The van der Waals surface area contributed by atoms with Gasteiger partial charge in [0, 0.05) is 28.3 Å². The van der Waals surface area contributed by atoms with Crippen LogP contribution in [0.15, 0.2) is 47.4 Å². The summed E-state index contributed by atoms with van der Waals surface area (Å²) in [7, 11) is 0. The maximum atomic E-state index is 12.3. The lowest BCUT2D eigenvalue weighted by Crippen LogP contribution is -2.20. The minimum absolute atomic E-state index is 0.0265. The van der Waals surface area contributed by atoms with E-state index in [1.54, 1.807) is 23.9 Å². The van der Waals surface area contributed by atoms with Crippen molar-refractivity contribution in [2.24, 2.45) is 0 Å². The predicted molar refractivity (Wildman–Crippen MR) is 89.6 cm³/mol.